The van der Waals surface area contributed by atoms with Gasteiger partial charge in [0.25, 0.3) is 0 Å². The summed E-state index contributed by atoms with van der Waals surface area (Å²) in [5.41, 5.74) is 0.335. The van der Waals surface area contributed by atoms with Crippen LogP contribution in [0, 0.1) is 11.8 Å². The highest BCUT2D eigenvalue weighted by Gasteiger charge is 2.39. The van der Waals surface area contributed by atoms with Gasteiger partial charge in [-0.2, -0.15) is 0 Å². The van der Waals surface area contributed by atoms with Crippen molar-refractivity contribution in [1.29, 1.82) is 0 Å². The Morgan fingerprint density at radius 1 is 0.880 bits per heavy atom. The first-order chi connectivity index (χ1) is 11.6. The summed E-state index contributed by atoms with van der Waals surface area (Å²) in [7, 11) is 4.34. The number of aliphatic hydroxyl groups is 1. The molecule has 1 aliphatic carbocycles. The predicted octanol–water partition coefficient (Wildman–Crippen LogP) is -0.613. The normalized spacial score (nSPS) is 16.0. The van der Waals surface area contributed by atoms with Gasteiger partial charge in [-0.1, -0.05) is 66.6 Å². The summed E-state index contributed by atoms with van der Waals surface area (Å²) in [4.78, 5) is 1.36. The molecule has 1 fully saturated rings. The molecule has 1 aliphatic rings. The minimum Gasteiger partial charge on any atom is -1.00 e. The van der Waals surface area contributed by atoms with Crippen LogP contribution in [0.4, 0.5) is 0 Å². The predicted molar refractivity (Wildman–Crippen MR) is 97.7 cm³/mol. The molecule has 0 spiro atoms. The van der Waals surface area contributed by atoms with Gasteiger partial charge in [-0.25, -0.2) is 0 Å². The molecule has 0 bridgehead atoms. The van der Waals surface area contributed by atoms with Gasteiger partial charge in [0.15, 0.2) is 11.1 Å². The topological polar surface area (TPSA) is 24.7 Å². The number of quaternary nitrogens is 1. The van der Waals surface area contributed by atoms with E-state index in [0.717, 1.165) is 24.0 Å². The molecule has 25 heavy (non-hydrogen) atoms. The monoisotopic (exact) mass is 355 g/mol. The van der Waals surface area contributed by atoms with E-state index in [4.69, 9.17) is 0 Å². The van der Waals surface area contributed by atoms with E-state index in [1.165, 1.54) is 17.7 Å². The lowest BCUT2D eigenvalue weighted by Crippen LogP contribution is -3.14. The Morgan fingerprint density at radius 3 is 1.72 bits per heavy atom. The molecular formula is C22H26ClNO. The number of hydrogen-bond acceptors (Lipinski definition) is 1. The molecule has 2 aromatic rings. The smallest absolute Gasteiger partial charge is 0.177 e. The molecule has 0 aromatic heterocycles. The van der Waals surface area contributed by atoms with Crippen molar-refractivity contribution in [2.24, 2.45) is 0 Å². The molecule has 2 nitrogen and oxygen atoms in total. The van der Waals surface area contributed by atoms with Gasteiger partial charge in [0.05, 0.1) is 14.1 Å². The summed E-state index contributed by atoms with van der Waals surface area (Å²) in [6, 6.07) is 19.5. The molecule has 1 saturated carbocycles. The molecule has 0 heterocycles. The first-order valence-corrected chi connectivity index (χ1v) is 8.75. The SMILES string of the molecule is C[NH+](C)C1(C#CC(O)(c2ccccc2)c2ccccc2)CCCC1.[Cl-]. The second-order valence-electron chi connectivity index (χ2n) is 6.98. The summed E-state index contributed by atoms with van der Waals surface area (Å²) >= 11 is 0. The van der Waals surface area contributed by atoms with Crippen LogP contribution in [0.25, 0.3) is 0 Å². The molecule has 2 aromatic carbocycles. The van der Waals surface area contributed by atoms with E-state index >= 15 is 0 Å². The van der Waals surface area contributed by atoms with Gasteiger partial charge in [-0.05, 0) is 18.8 Å². The second kappa shape index (κ2) is 8.06. The lowest BCUT2D eigenvalue weighted by atomic mass is 9.85. The zero-order valence-electron chi connectivity index (χ0n) is 14.9. The number of benzene rings is 2. The molecule has 0 amide bonds. The maximum atomic E-state index is 11.5. The summed E-state index contributed by atoms with van der Waals surface area (Å²) in [6.45, 7) is 0. The van der Waals surface area contributed by atoms with Crippen LogP contribution >= 0.6 is 0 Å². The standard InChI is InChI=1S/C22H25NO.ClH/c1-23(2)21(15-9-10-16-21)17-18-22(24,19-11-5-3-6-12-19)20-13-7-4-8-14-20;/h3-8,11-14,24H,9-10,15-16H2,1-2H3;1H. The molecule has 3 heteroatoms. The van der Waals surface area contributed by atoms with Gasteiger partial charge in [0.1, 0.15) is 0 Å². The fourth-order valence-corrected chi connectivity index (χ4v) is 3.61. The Labute approximate surface area is 157 Å². The molecule has 0 aliphatic heterocycles. The highest BCUT2D eigenvalue weighted by atomic mass is 35.5. The van der Waals surface area contributed by atoms with Gasteiger partial charge in [0, 0.05) is 24.0 Å². The molecule has 0 unspecified atom stereocenters. The quantitative estimate of drug-likeness (QED) is 0.705. The van der Waals surface area contributed by atoms with Gasteiger partial charge in [-0.15, -0.1) is 0 Å². The van der Waals surface area contributed by atoms with Crippen molar-refractivity contribution in [3.63, 3.8) is 0 Å². The average molecular weight is 356 g/mol. The molecule has 0 saturated heterocycles. The van der Waals surface area contributed by atoms with Crippen molar-refractivity contribution in [3.05, 3.63) is 71.8 Å². The zero-order valence-corrected chi connectivity index (χ0v) is 15.7. The van der Waals surface area contributed by atoms with E-state index in [1.807, 2.05) is 60.7 Å². The first kappa shape index (κ1) is 19.5. The third kappa shape index (κ3) is 3.90. The fourth-order valence-electron chi connectivity index (χ4n) is 3.61. The molecular weight excluding hydrogens is 330 g/mol. The van der Waals surface area contributed by atoms with Crippen molar-refractivity contribution in [2.75, 3.05) is 14.1 Å². The van der Waals surface area contributed by atoms with E-state index in [2.05, 4.69) is 25.9 Å². The van der Waals surface area contributed by atoms with Gasteiger partial charge in [0.2, 0.25) is 0 Å². The van der Waals surface area contributed by atoms with Crippen LogP contribution in [0.1, 0.15) is 36.8 Å². The highest BCUT2D eigenvalue weighted by Crippen LogP contribution is 2.31. The Morgan fingerprint density at radius 2 is 1.32 bits per heavy atom. The third-order valence-corrected chi connectivity index (χ3v) is 5.28. The average Bonchev–Trinajstić information content (AvgIpc) is 3.12. The summed E-state index contributed by atoms with van der Waals surface area (Å²) in [5.74, 6) is 6.77. The molecule has 3 rings (SSSR count). The Bertz CT molecular complexity index is 685. The van der Waals surface area contributed by atoms with Crippen LogP contribution in [-0.2, 0) is 5.60 Å². The number of rotatable bonds is 3. The molecule has 0 radical (unpaired) electrons. The van der Waals surface area contributed by atoms with E-state index in [1.54, 1.807) is 0 Å². The van der Waals surface area contributed by atoms with Gasteiger partial charge >= 0.3 is 0 Å². The minimum absolute atomic E-state index is 0. The second-order valence-corrected chi connectivity index (χ2v) is 6.98. The number of hydrogen-bond donors (Lipinski definition) is 2. The Kier molecular flexibility index (Phi) is 6.30. The molecule has 0 atom stereocenters. The highest BCUT2D eigenvalue weighted by molar-refractivity contribution is 5.45. The van der Waals surface area contributed by atoms with E-state index in [-0.39, 0.29) is 17.9 Å². The molecule has 2 N–H and O–H groups in total. The minimum atomic E-state index is -1.27. The summed E-state index contributed by atoms with van der Waals surface area (Å²) in [5, 5.41) is 11.5. The van der Waals surface area contributed by atoms with Crippen LogP contribution in [0.5, 0.6) is 0 Å². The maximum absolute atomic E-state index is 11.5. The fraction of sp³-hybridized carbons (Fsp3) is 0.364. The Hall–Kier alpha value is -1.79. The van der Waals surface area contributed by atoms with Crippen molar-refractivity contribution in [2.45, 2.75) is 36.8 Å². The van der Waals surface area contributed by atoms with E-state index in [0.29, 0.717) is 0 Å². The maximum Gasteiger partial charge on any atom is 0.177 e. The first-order valence-electron chi connectivity index (χ1n) is 8.75. The third-order valence-electron chi connectivity index (χ3n) is 5.28. The van der Waals surface area contributed by atoms with E-state index in [9.17, 15) is 5.11 Å². The van der Waals surface area contributed by atoms with Gasteiger partial charge in [-0.3, -0.25) is 0 Å². The zero-order chi connectivity index (χ0) is 17.0. The van der Waals surface area contributed by atoms with Crippen LogP contribution in [0.15, 0.2) is 60.7 Å². The van der Waals surface area contributed by atoms with E-state index < -0.39 is 5.60 Å². The van der Waals surface area contributed by atoms with Gasteiger partial charge < -0.3 is 22.4 Å². The largest absolute Gasteiger partial charge is 1.00 e. The van der Waals surface area contributed by atoms with Crippen LogP contribution < -0.4 is 17.3 Å². The lowest BCUT2D eigenvalue weighted by molar-refractivity contribution is -0.904. The van der Waals surface area contributed by atoms with Crippen LogP contribution in [-0.4, -0.2) is 24.7 Å². The van der Waals surface area contributed by atoms with Crippen molar-refractivity contribution in [3.8, 4) is 11.8 Å². The number of halogens is 1. The lowest BCUT2D eigenvalue weighted by Gasteiger charge is -2.29. The Balaban J connectivity index is 0.00000225. The van der Waals surface area contributed by atoms with Crippen molar-refractivity contribution in [1.82, 2.24) is 0 Å². The molecule has 132 valence electrons. The van der Waals surface area contributed by atoms with Crippen molar-refractivity contribution < 1.29 is 22.4 Å². The van der Waals surface area contributed by atoms with Crippen LogP contribution in [0.3, 0.4) is 0 Å². The number of nitrogens with one attached hydrogen (secondary N) is 1. The van der Waals surface area contributed by atoms with Crippen molar-refractivity contribution >= 4 is 0 Å². The summed E-state index contributed by atoms with van der Waals surface area (Å²) in [6.07, 6.45) is 4.63. The summed E-state index contributed by atoms with van der Waals surface area (Å²) < 4.78 is 0. The van der Waals surface area contributed by atoms with Crippen LogP contribution in [0.2, 0.25) is 0 Å².